The van der Waals surface area contributed by atoms with E-state index in [4.69, 9.17) is 8.85 Å². The van der Waals surface area contributed by atoms with Gasteiger partial charge in [0, 0.05) is 0 Å². The summed E-state index contributed by atoms with van der Waals surface area (Å²) >= 11 is 0. The summed E-state index contributed by atoms with van der Waals surface area (Å²) in [5, 5.41) is 1.43. The fraction of sp³-hybridized carbons (Fsp3) is 0.200. The molecule has 82 valence electrons. The first-order valence-electron chi connectivity index (χ1n) is 5.04. The highest BCUT2D eigenvalue weighted by atomic mass is 28.2. The van der Waals surface area contributed by atoms with Crippen molar-refractivity contribution >= 4 is 36.6 Å². The molecule has 0 saturated carbocycles. The van der Waals surface area contributed by atoms with E-state index in [-0.39, 0.29) is 5.91 Å². The Kier molecular flexibility index (Phi) is 5.81. The average molecular weight is 255 g/mol. The van der Waals surface area contributed by atoms with Gasteiger partial charge in [-0.3, -0.25) is 0 Å². The maximum atomic E-state index is 5.38. The molecule has 1 aromatic carbocycles. The van der Waals surface area contributed by atoms with E-state index in [2.05, 4.69) is 37.3 Å². The molecule has 0 radical (unpaired) electrons. The van der Waals surface area contributed by atoms with E-state index in [1.165, 1.54) is 10.8 Å². The Morgan fingerprint density at radius 1 is 1.27 bits per heavy atom. The van der Waals surface area contributed by atoms with Crippen molar-refractivity contribution in [2.45, 2.75) is 12.8 Å². The monoisotopic (exact) mass is 254 g/mol. The number of allylic oxidation sites excluding steroid dienone is 1. The largest absolute Gasteiger partial charge is 0.408 e. The van der Waals surface area contributed by atoms with E-state index in [1.54, 1.807) is 0 Å². The number of rotatable bonds is 5. The number of benzene rings is 1. The fourth-order valence-corrected chi connectivity index (χ4v) is 4.40. The minimum atomic E-state index is -0.408. The molecule has 1 aromatic rings. The van der Waals surface area contributed by atoms with Gasteiger partial charge in [-0.15, -0.1) is 0 Å². The molecule has 0 N–H and O–H groups in total. The second-order valence-electron chi connectivity index (χ2n) is 3.51. The maximum absolute atomic E-state index is 5.38. The average Bonchev–Trinajstić information content (AvgIpc) is 2.27. The normalized spacial score (nSPS) is 15.1. The van der Waals surface area contributed by atoms with Crippen LogP contribution in [0, 0.1) is 0 Å². The molecule has 0 spiro atoms. The van der Waals surface area contributed by atoms with Crippen molar-refractivity contribution in [1.29, 1.82) is 0 Å². The van der Waals surface area contributed by atoms with Crippen molar-refractivity contribution in [3.63, 3.8) is 0 Å². The predicted octanol–water partition coefficient (Wildman–Crippen LogP) is -0.906. The molecular weight excluding hydrogens is 236 g/mol. The summed E-state index contributed by atoms with van der Waals surface area (Å²) in [5.41, 5.74) is 1.27. The van der Waals surface area contributed by atoms with Gasteiger partial charge in [-0.05, 0) is 12.5 Å². The first kappa shape index (κ1) is 12.6. The van der Waals surface area contributed by atoms with Gasteiger partial charge < -0.3 is 8.85 Å². The second kappa shape index (κ2) is 6.91. The minimum absolute atomic E-state index is 0.114. The summed E-state index contributed by atoms with van der Waals surface area (Å²) in [7, 11) is 1.12. The third-order valence-electron chi connectivity index (χ3n) is 2.23. The summed E-state index contributed by atoms with van der Waals surface area (Å²) in [6.07, 6.45) is 2.24. The topological polar surface area (TPSA) is 18.5 Å². The molecule has 0 unspecified atom stereocenters. The van der Waals surface area contributed by atoms with Crippen LogP contribution in [0.4, 0.5) is 0 Å². The van der Waals surface area contributed by atoms with Crippen LogP contribution in [0.5, 0.6) is 0 Å². The zero-order chi connectivity index (χ0) is 11.1. The van der Waals surface area contributed by atoms with E-state index < -0.39 is 9.52 Å². The summed E-state index contributed by atoms with van der Waals surface area (Å²) in [6, 6.07) is 10.4. The standard InChI is InChI=1S/C10H18O2Si3/c1-8(15-10(11-13)12-14)7-9-5-3-2-4-6-9/h2-7,10H,15H2,1,13-14H3. The summed E-state index contributed by atoms with van der Waals surface area (Å²) in [5.74, 6) is 0.114. The van der Waals surface area contributed by atoms with Gasteiger partial charge in [0.15, 0.2) is 0 Å². The van der Waals surface area contributed by atoms with Crippen LogP contribution in [0.1, 0.15) is 12.5 Å². The van der Waals surface area contributed by atoms with Crippen LogP contribution >= 0.6 is 0 Å². The molecule has 0 heterocycles. The highest BCUT2D eigenvalue weighted by Gasteiger charge is 2.05. The quantitative estimate of drug-likeness (QED) is 0.501. The van der Waals surface area contributed by atoms with E-state index in [1.807, 2.05) is 6.07 Å². The molecule has 0 aliphatic rings. The Labute approximate surface area is 99.6 Å². The van der Waals surface area contributed by atoms with Crippen molar-refractivity contribution < 1.29 is 8.85 Å². The van der Waals surface area contributed by atoms with Crippen molar-refractivity contribution in [3.05, 3.63) is 41.1 Å². The molecule has 0 aromatic heterocycles. The lowest BCUT2D eigenvalue weighted by molar-refractivity contribution is 0.0931. The molecule has 0 aliphatic heterocycles. The van der Waals surface area contributed by atoms with Crippen LogP contribution in [0.2, 0.25) is 0 Å². The lowest BCUT2D eigenvalue weighted by Crippen LogP contribution is -2.23. The predicted molar refractivity (Wildman–Crippen MR) is 74.5 cm³/mol. The van der Waals surface area contributed by atoms with Crippen molar-refractivity contribution in [3.8, 4) is 0 Å². The van der Waals surface area contributed by atoms with Crippen LogP contribution in [-0.2, 0) is 8.85 Å². The first-order chi connectivity index (χ1) is 7.26. The molecule has 0 amide bonds. The van der Waals surface area contributed by atoms with E-state index in [0.29, 0.717) is 0 Å². The van der Waals surface area contributed by atoms with Crippen LogP contribution in [0.15, 0.2) is 35.5 Å². The van der Waals surface area contributed by atoms with Gasteiger partial charge in [0.2, 0.25) is 0 Å². The molecular formula is C10H18O2Si3. The van der Waals surface area contributed by atoms with Crippen molar-refractivity contribution in [1.82, 2.24) is 0 Å². The van der Waals surface area contributed by atoms with Gasteiger partial charge in [0.05, 0.1) is 0 Å². The highest BCUT2D eigenvalue weighted by Crippen LogP contribution is 2.06. The first-order valence-corrected chi connectivity index (χ1v) is 8.19. The third-order valence-corrected chi connectivity index (χ3v) is 6.46. The van der Waals surface area contributed by atoms with Gasteiger partial charge in [0.25, 0.3) is 0 Å². The van der Waals surface area contributed by atoms with Gasteiger partial charge in [-0.25, -0.2) is 0 Å². The summed E-state index contributed by atoms with van der Waals surface area (Å²) in [4.78, 5) is 0. The van der Waals surface area contributed by atoms with Crippen molar-refractivity contribution in [2.24, 2.45) is 0 Å². The number of hydrogen-bond acceptors (Lipinski definition) is 2. The van der Waals surface area contributed by atoms with Crippen molar-refractivity contribution in [2.75, 3.05) is 0 Å². The van der Waals surface area contributed by atoms with E-state index >= 15 is 0 Å². The van der Waals surface area contributed by atoms with Gasteiger partial charge >= 0.3 is 0 Å². The fourth-order valence-electron chi connectivity index (χ4n) is 1.42. The Morgan fingerprint density at radius 2 is 1.87 bits per heavy atom. The summed E-state index contributed by atoms with van der Waals surface area (Å²) < 4.78 is 10.8. The lowest BCUT2D eigenvalue weighted by Gasteiger charge is -2.14. The Bertz CT molecular complexity index is 310. The van der Waals surface area contributed by atoms with Crippen LogP contribution in [0.3, 0.4) is 0 Å². The van der Waals surface area contributed by atoms with Gasteiger partial charge in [-0.2, -0.15) is 0 Å². The smallest absolute Gasteiger partial charge is 0.148 e. The van der Waals surface area contributed by atoms with E-state index in [9.17, 15) is 0 Å². The summed E-state index contributed by atoms with van der Waals surface area (Å²) in [6.45, 7) is 2.17. The van der Waals surface area contributed by atoms with Gasteiger partial charge in [0.1, 0.15) is 36.4 Å². The molecule has 0 atom stereocenters. The van der Waals surface area contributed by atoms with Crippen LogP contribution in [-0.4, -0.2) is 36.4 Å². The lowest BCUT2D eigenvalue weighted by atomic mass is 10.2. The zero-order valence-corrected chi connectivity index (χ0v) is 15.0. The molecule has 0 aliphatic carbocycles. The molecule has 0 fully saturated rings. The van der Waals surface area contributed by atoms with Crippen LogP contribution in [0.25, 0.3) is 6.08 Å². The Hall–Kier alpha value is -0.469. The zero-order valence-electron chi connectivity index (χ0n) is 9.57. The number of hydrogen-bond donors (Lipinski definition) is 0. The Balaban J connectivity index is 2.60. The molecule has 15 heavy (non-hydrogen) atoms. The maximum Gasteiger partial charge on any atom is 0.148 e. The minimum Gasteiger partial charge on any atom is -0.408 e. The highest BCUT2D eigenvalue weighted by molar-refractivity contribution is 6.48. The molecule has 0 saturated heterocycles. The van der Waals surface area contributed by atoms with Crippen LogP contribution < -0.4 is 0 Å². The molecule has 1 rings (SSSR count). The third kappa shape index (κ3) is 4.72. The molecule has 0 bridgehead atoms. The molecule has 2 nitrogen and oxygen atoms in total. The SMILES string of the molecule is CC(=Cc1ccccc1)[SiH2]C(O[SiH3])O[SiH3]. The molecule has 5 heteroatoms. The second-order valence-corrected chi connectivity index (χ2v) is 6.64. The Morgan fingerprint density at radius 3 is 2.40 bits per heavy atom. The van der Waals surface area contributed by atoms with E-state index in [0.717, 1.165) is 21.0 Å². The van der Waals surface area contributed by atoms with Gasteiger partial charge in [-0.1, -0.05) is 41.6 Å².